The molecule has 3 rings (SSSR count). The van der Waals surface area contributed by atoms with E-state index in [1.807, 2.05) is 30.3 Å². The fourth-order valence-corrected chi connectivity index (χ4v) is 6.03. The van der Waals surface area contributed by atoms with Crippen LogP contribution in [0.1, 0.15) is 43.5 Å². The zero-order valence-corrected chi connectivity index (χ0v) is 15.9. The first-order chi connectivity index (χ1) is 11.9. The summed E-state index contributed by atoms with van der Waals surface area (Å²) < 4.78 is 29.1. The molecule has 0 aromatic heterocycles. The second kappa shape index (κ2) is 7.56. The van der Waals surface area contributed by atoms with Gasteiger partial charge in [0.1, 0.15) is 0 Å². The summed E-state index contributed by atoms with van der Waals surface area (Å²) in [4.78, 5) is 12.6. The molecule has 25 heavy (non-hydrogen) atoms. The molecule has 2 aliphatic heterocycles. The van der Waals surface area contributed by atoms with Crippen LogP contribution in [0.4, 0.5) is 0 Å². The number of hydrogen-bond donors (Lipinski definition) is 0. The van der Waals surface area contributed by atoms with Gasteiger partial charge in [-0.15, -0.1) is 0 Å². The zero-order valence-electron chi connectivity index (χ0n) is 15.1. The number of ketones is 1. The average molecular weight is 365 g/mol. The first-order valence-corrected chi connectivity index (χ1v) is 10.6. The van der Waals surface area contributed by atoms with Gasteiger partial charge in [0.2, 0.25) is 0 Å². The summed E-state index contributed by atoms with van der Waals surface area (Å²) in [6.07, 6.45) is 2.29. The number of benzene rings is 1. The molecule has 5 nitrogen and oxygen atoms in total. The van der Waals surface area contributed by atoms with Crippen LogP contribution in [0.25, 0.3) is 0 Å². The van der Waals surface area contributed by atoms with Gasteiger partial charge in [-0.3, -0.25) is 4.79 Å². The van der Waals surface area contributed by atoms with Crippen molar-refractivity contribution in [2.45, 2.75) is 33.1 Å². The Morgan fingerprint density at radius 3 is 2.08 bits per heavy atom. The van der Waals surface area contributed by atoms with Crippen molar-refractivity contribution in [1.29, 1.82) is 0 Å². The van der Waals surface area contributed by atoms with Gasteiger partial charge < -0.3 is 0 Å². The van der Waals surface area contributed by atoms with Gasteiger partial charge in [0.25, 0.3) is 10.2 Å². The molecule has 138 valence electrons. The molecule has 2 fully saturated rings. The molecule has 2 heterocycles. The molecule has 0 bridgehead atoms. The molecule has 0 aliphatic carbocycles. The van der Waals surface area contributed by atoms with E-state index < -0.39 is 10.2 Å². The maximum Gasteiger partial charge on any atom is 0.281 e. The highest BCUT2D eigenvalue weighted by molar-refractivity contribution is 7.86. The molecule has 0 amide bonds. The van der Waals surface area contributed by atoms with Gasteiger partial charge in [0.15, 0.2) is 5.78 Å². The number of hydrogen-bond acceptors (Lipinski definition) is 3. The molecule has 1 aromatic rings. The van der Waals surface area contributed by atoms with E-state index in [0.29, 0.717) is 50.9 Å². The minimum atomic E-state index is -3.41. The molecule has 0 radical (unpaired) electrons. The second-order valence-corrected chi connectivity index (χ2v) is 9.60. The molecule has 2 unspecified atom stereocenters. The lowest BCUT2D eigenvalue weighted by Crippen LogP contribution is -2.51. The van der Waals surface area contributed by atoms with Crippen LogP contribution < -0.4 is 0 Å². The van der Waals surface area contributed by atoms with Crippen LogP contribution in [0, 0.1) is 17.8 Å². The quantitative estimate of drug-likeness (QED) is 0.772. The van der Waals surface area contributed by atoms with Crippen molar-refractivity contribution in [3.05, 3.63) is 35.9 Å². The largest absolute Gasteiger partial charge is 0.294 e. The summed E-state index contributed by atoms with van der Waals surface area (Å²) >= 11 is 0. The number of Topliss-reactive ketones (excluding diaryl/α,β-unsaturated/α-hetero) is 1. The number of carbonyl (C=O) groups is 1. The van der Waals surface area contributed by atoms with Gasteiger partial charge in [-0.05, 0) is 31.1 Å². The molecule has 2 aliphatic rings. The molecule has 0 N–H and O–H groups in total. The van der Waals surface area contributed by atoms with E-state index in [1.54, 1.807) is 8.61 Å². The van der Waals surface area contributed by atoms with Gasteiger partial charge >= 0.3 is 0 Å². The monoisotopic (exact) mass is 364 g/mol. The fourth-order valence-electron chi connectivity index (χ4n) is 4.14. The topological polar surface area (TPSA) is 57.7 Å². The zero-order chi connectivity index (χ0) is 18.0. The number of nitrogens with zero attached hydrogens (tertiary/aromatic N) is 2. The van der Waals surface area contributed by atoms with Gasteiger partial charge in [0, 0.05) is 37.7 Å². The SMILES string of the molecule is CC1CC(C)CN(S(=O)(=O)N2CCC(C(=O)c3ccccc3)CC2)C1. The second-order valence-electron chi connectivity index (χ2n) is 7.67. The van der Waals surface area contributed by atoms with Crippen molar-refractivity contribution < 1.29 is 13.2 Å². The molecule has 0 spiro atoms. The molecular formula is C19H28N2O3S. The number of carbonyl (C=O) groups excluding carboxylic acids is 1. The van der Waals surface area contributed by atoms with Gasteiger partial charge in [-0.2, -0.15) is 17.0 Å². The summed E-state index contributed by atoms with van der Waals surface area (Å²) in [6, 6.07) is 9.30. The first-order valence-electron chi connectivity index (χ1n) is 9.22. The van der Waals surface area contributed by atoms with E-state index >= 15 is 0 Å². The first kappa shape index (κ1) is 18.5. The highest BCUT2D eigenvalue weighted by Gasteiger charge is 2.37. The average Bonchev–Trinajstić information content (AvgIpc) is 2.61. The van der Waals surface area contributed by atoms with Gasteiger partial charge in [-0.1, -0.05) is 44.2 Å². The van der Waals surface area contributed by atoms with E-state index in [1.165, 1.54) is 0 Å². The van der Waals surface area contributed by atoms with Crippen LogP contribution in [-0.4, -0.2) is 49.0 Å². The smallest absolute Gasteiger partial charge is 0.281 e. The Bertz CT molecular complexity index is 687. The Labute approximate surface area is 151 Å². The Kier molecular flexibility index (Phi) is 5.61. The van der Waals surface area contributed by atoms with Crippen LogP contribution in [0.5, 0.6) is 0 Å². The molecular weight excluding hydrogens is 336 g/mol. The van der Waals surface area contributed by atoms with Crippen molar-refractivity contribution in [3.8, 4) is 0 Å². The summed E-state index contributed by atoms with van der Waals surface area (Å²) in [6.45, 7) is 6.31. The molecule has 6 heteroatoms. The normalized spacial score (nSPS) is 27.3. The van der Waals surface area contributed by atoms with Crippen LogP contribution in [-0.2, 0) is 10.2 Å². The maximum absolute atomic E-state index is 12.9. The van der Waals surface area contributed by atoms with E-state index in [9.17, 15) is 13.2 Å². The standard InChI is InChI=1S/C19H28N2O3S/c1-15-12-16(2)14-21(13-15)25(23,24)20-10-8-18(9-11-20)19(22)17-6-4-3-5-7-17/h3-7,15-16,18H,8-14H2,1-2H3. The fraction of sp³-hybridized carbons (Fsp3) is 0.632. The molecule has 2 saturated heterocycles. The van der Waals surface area contributed by atoms with Crippen LogP contribution in [0.2, 0.25) is 0 Å². The highest BCUT2D eigenvalue weighted by Crippen LogP contribution is 2.28. The molecule has 1 aromatic carbocycles. The Balaban J connectivity index is 1.62. The summed E-state index contributed by atoms with van der Waals surface area (Å²) in [5.41, 5.74) is 0.725. The number of piperidine rings is 2. The Hall–Kier alpha value is -1.24. The summed E-state index contributed by atoms with van der Waals surface area (Å²) in [7, 11) is -3.41. The maximum atomic E-state index is 12.9. The van der Waals surface area contributed by atoms with Crippen LogP contribution in [0.3, 0.4) is 0 Å². The van der Waals surface area contributed by atoms with Gasteiger partial charge in [0.05, 0.1) is 0 Å². The van der Waals surface area contributed by atoms with Crippen LogP contribution >= 0.6 is 0 Å². The minimum Gasteiger partial charge on any atom is -0.294 e. The third-order valence-electron chi connectivity index (χ3n) is 5.37. The van der Waals surface area contributed by atoms with Crippen molar-refractivity contribution in [1.82, 2.24) is 8.61 Å². The van der Waals surface area contributed by atoms with Crippen molar-refractivity contribution in [2.24, 2.45) is 17.8 Å². The highest BCUT2D eigenvalue weighted by atomic mass is 32.2. The van der Waals surface area contributed by atoms with Crippen molar-refractivity contribution in [3.63, 3.8) is 0 Å². The molecule has 2 atom stereocenters. The van der Waals surface area contributed by atoms with Gasteiger partial charge in [-0.25, -0.2) is 0 Å². The lowest BCUT2D eigenvalue weighted by molar-refractivity contribution is 0.0871. The molecule has 0 saturated carbocycles. The summed E-state index contributed by atoms with van der Waals surface area (Å²) in [5.74, 6) is 0.859. The predicted octanol–water partition coefficient (Wildman–Crippen LogP) is 2.80. The van der Waals surface area contributed by atoms with Crippen molar-refractivity contribution >= 4 is 16.0 Å². The predicted molar refractivity (Wildman–Crippen MR) is 98.5 cm³/mol. The third-order valence-corrected chi connectivity index (χ3v) is 7.34. The lowest BCUT2D eigenvalue weighted by atomic mass is 9.90. The lowest BCUT2D eigenvalue weighted by Gasteiger charge is -2.39. The summed E-state index contributed by atoms with van der Waals surface area (Å²) in [5, 5.41) is 0. The Morgan fingerprint density at radius 1 is 0.960 bits per heavy atom. The van der Waals surface area contributed by atoms with Crippen LogP contribution in [0.15, 0.2) is 30.3 Å². The number of rotatable bonds is 4. The van der Waals surface area contributed by atoms with Crippen molar-refractivity contribution in [2.75, 3.05) is 26.2 Å². The van der Waals surface area contributed by atoms with E-state index in [-0.39, 0.29) is 11.7 Å². The minimum absolute atomic E-state index is 0.0759. The Morgan fingerprint density at radius 2 is 1.52 bits per heavy atom. The van der Waals surface area contributed by atoms with E-state index in [2.05, 4.69) is 13.8 Å². The van der Waals surface area contributed by atoms with E-state index in [0.717, 1.165) is 12.0 Å². The third kappa shape index (κ3) is 4.13. The van der Waals surface area contributed by atoms with E-state index in [4.69, 9.17) is 0 Å².